The van der Waals surface area contributed by atoms with Crippen molar-refractivity contribution >= 4 is 21.8 Å². The van der Waals surface area contributed by atoms with Crippen LogP contribution in [0.5, 0.6) is 0 Å². The van der Waals surface area contributed by atoms with Crippen LogP contribution in [0.15, 0.2) is 41.7 Å². The van der Waals surface area contributed by atoms with Gasteiger partial charge in [-0.2, -0.15) is 4.31 Å². The van der Waals surface area contributed by atoms with Gasteiger partial charge in [0.25, 0.3) is 0 Å². The van der Waals surface area contributed by atoms with Gasteiger partial charge in [0.1, 0.15) is 24.1 Å². The number of H-pyrrole nitrogens is 1. The lowest BCUT2D eigenvalue weighted by Gasteiger charge is -2.38. The third-order valence-corrected chi connectivity index (χ3v) is 10.3. The van der Waals surface area contributed by atoms with E-state index in [1.54, 1.807) is 17.4 Å². The Kier molecular flexibility index (Phi) is 8.52. The van der Waals surface area contributed by atoms with Gasteiger partial charge < -0.3 is 34.9 Å². The van der Waals surface area contributed by atoms with Gasteiger partial charge in [-0.25, -0.2) is 17.8 Å². The van der Waals surface area contributed by atoms with E-state index < -0.39 is 64.9 Å². The Morgan fingerprint density at radius 1 is 1.09 bits per heavy atom. The van der Waals surface area contributed by atoms with Crippen LogP contribution in [-0.2, 0) is 35.6 Å². The summed E-state index contributed by atoms with van der Waals surface area (Å²) in [5.41, 5.74) is 0.802. The molecule has 0 spiro atoms. The van der Waals surface area contributed by atoms with Gasteiger partial charge in [-0.15, -0.1) is 0 Å². The molecule has 2 aromatic rings. The van der Waals surface area contributed by atoms with Crippen LogP contribution in [0.25, 0.3) is 0 Å². The number of halogens is 1. The fourth-order valence-electron chi connectivity index (χ4n) is 6.36. The number of hydrogen-bond donors (Lipinski definition) is 4. The van der Waals surface area contributed by atoms with Crippen molar-refractivity contribution in [3.8, 4) is 0 Å². The molecule has 43 heavy (non-hydrogen) atoms. The number of carbonyl (C=O) groups excluding carboxylic acids is 2. The van der Waals surface area contributed by atoms with E-state index >= 15 is 0 Å². The molecular weight excluding hydrogens is 587 g/mol. The van der Waals surface area contributed by atoms with Crippen LogP contribution < -0.4 is 5.32 Å². The molecule has 14 nitrogen and oxygen atoms in total. The minimum atomic E-state index is -4.34. The maximum Gasteiger partial charge on any atom is 0.243 e. The number of rotatable bonds is 4. The average Bonchev–Trinajstić information content (AvgIpc) is 3.69. The summed E-state index contributed by atoms with van der Waals surface area (Å²) in [6.07, 6.45) is -2.63. The first-order valence-corrected chi connectivity index (χ1v) is 15.7. The maximum absolute atomic E-state index is 14.1. The number of nitrogens with one attached hydrogen (secondary N) is 2. The number of aromatic nitrogens is 2. The Bertz CT molecular complexity index is 1430. The van der Waals surface area contributed by atoms with E-state index in [0.29, 0.717) is 26.1 Å². The maximum atomic E-state index is 14.1. The Balaban J connectivity index is 1.32. The highest BCUT2D eigenvalue weighted by atomic mass is 32.2. The third kappa shape index (κ3) is 6.31. The zero-order valence-corrected chi connectivity index (χ0v) is 24.1. The molecule has 6 rings (SSSR count). The van der Waals surface area contributed by atoms with E-state index in [9.17, 15) is 32.6 Å². The number of aromatic amines is 1. The number of aliphatic hydroxyl groups excluding tert-OH is 2. The second-order valence-corrected chi connectivity index (χ2v) is 13.4. The number of imidazole rings is 1. The SMILES string of the molecule is O=C1C[C@@H]2O[C@H](CN(S(=O)(=O)c3cccc(F)c3)C[C@@H]3CN(CCO3)C(=O)[C@@H]3C[C@@H](CN3Cc3cnc[nH]3)N1)[C@@H](O)[C@H]2O. The number of benzene rings is 1. The van der Waals surface area contributed by atoms with Crippen molar-refractivity contribution in [3.63, 3.8) is 0 Å². The van der Waals surface area contributed by atoms with Crippen LogP contribution in [0, 0.1) is 5.82 Å². The number of carbonyl (C=O) groups is 2. The molecule has 4 aliphatic rings. The number of amides is 2. The van der Waals surface area contributed by atoms with Crippen LogP contribution >= 0.6 is 0 Å². The molecule has 0 radical (unpaired) electrons. The predicted octanol–water partition coefficient (Wildman–Crippen LogP) is -1.58. The van der Waals surface area contributed by atoms with Gasteiger partial charge in [0.15, 0.2) is 0 Å². The van der Waals surface area contributed by atoms with Crippen molar-refractivity contribution in [1.29, 1.82) is 0 Å². The minimum absolute atomic E-state index is 0.0960. The molecule has 234 valence electrons. The first-order chi connectivity index (χ1) is 20.6. The highest BCUT2D eigenvalue weighted by molar-refractivity contribution is 7.89. The molecular formula is C27H35FN6O8S. The molecule has 2 amide bonds. The molecule has 0 aliphatic carbocycles. The van der Waals surface area contributed by atoms with Gasteiger partial charge in [0.2, 0.25) is 21.8 Å². The predicted molar refractivity (Wildman–Crippen MR) is 146 cm³/mol. The van der Waals surface area contributed by atoms with Gasteiger partial charge >= 0.3 is 0 Å². The Morgan fingerprint density at radius 2 is 1.91 bits per heavy atom. The van der Waals surface area contributed by atoms with Crippen molar-refractivity contribution in [3.05, 3.63) is 48.3 Å². The summed E-state index contributed by atoms with van der Waals surface area (Å²) < 4.78 is 54.4. The highest BCUT2D eigenvalue weighted by Gasteiger charge is 2.47. The molecule has 6 bridgehead atoms. The van der Waals surface area contributed by atoms with Gasteiger partial charge in [-0.3, -0.25) is 14.5 Å². The van der Waals surface area contributed by atoms with Crippen molar-refractivity contribution in [2.24, 2.45) is 0 Å². The summed E-state index contributed by atoms with van der Waals surface area (Å²) in [6, 6.07) is 3.64. The number of ether oxygens (including phenoxy) is 2. The van der Waals surface area contributed by atoms with Crippen molar-refractivity contribution in [2.75, 3.05) is 39.3 Å². The van der Waals surface area contributed by atoms with Gasteiger partial charge in [-0.1, -0.05) is 6.07 Å². The summed E-state index contributed by atoms with van der Waals surface area (Å²) in [6.45, 7) is 0.742. The second-order valence-electron chi connectivity index (χ2n) is 11.5. The lowest BCUT2D eigenvalue weighted by Crippen LogP contribution is -2.55. The standard InChI is InChI=1S/C27H35FN6O8S/c28-16-2-1-3-20(6-16)43(39,40)34-13-19-12-32(4-5-41-19)27(38)21-7-17(10-33(21)11-18-9-29-15-30-18)31-24(35)8-22-25(36)26(37)23(14-34)42-22/h1-3,6,9,15,17,19,21-23,25-26,36-37H,4-5,7-8,10-14H2,(H,29,30)(H,31,35)/t17-,19-,21-,22-,23+,25-,26+/m0/s1. The smallest absolute Gasteiger partial charge is 0.243 e. The van der Waals surface area contributed by atoms with Crippen LogP contribution in [-0.4, -0.2) is 136 Å². The van der Waals surface area contributed by atoms with E-state index in [4.69, 9.17) is 9.47 Å². The molecule has 4 aliphatic heterocycles. The molecule has 4 N–H and O–H groups in total. The molecule has 1 aromatic heterocycles. The van der Waals surface area contributed by atoms with E-state index in [0.717, 1.165) is 22.1 Å². The lowest BCUT2D eigenvalue weighted by atomic mass is 10.0. The van der Waals surface area contributed by atoms with Crippen molar-refractivity contribution in [2.45, 2.75) is 66.9 Å². The van der Waals surface area contributed by atoms with E-state index in [-0.39, 0.29) is 43.0 Å². The van der Waals surface area contributed by atoms with Crippen molar-refractivity contribution < 1.29 is 42.1 Å². The zero-order valence-electron chi connectivity index (χ0n) is 23.3. The zero-order chi connectivity index (χ0) is 30.3. The molecule has 1 aromatic carbocycles. The van der Waals surface area contributed by atoms with Gasteiger partial charge in [-0.05, 0) is 24.6 Å². The molecule has 7 atom stereocenters. The summed E-state index contributed by atoms with van der Waals surface area (Å²) >= 11 is 0. The highest BCUT2D eigenvalue weighted by Crippen LogP contribution is 2.29. The third-order valence-electron chi connectivity index (χ3n) is 8.50. The Morgan fingerprint density at radius 3 is 2.67 bits per heavy atom. The molecule has 0 saturated carbocycles. The van der Waals surface area contributed by atoms with Gasteiger partial charge in [0.05, 0.1) is 42.5 Å². The monoisotopic (exact) mass is 622 g/mol. The first kappa shape index (κ1) is 30.1. The largest absolute Gasteiger partial charge is 0.388 e. The minimum Gasteiger partial charge on any atom is -0.388 e. The average molecular weight is 623 g/mol. The summed E-state index contributed by atoms with van der Waals surface area (Å²) in [5.74, 6) is -1.33. The topological polar surface area (TPSA) is 178 Å². The van der Waals surface area contributed by atoms with E-state index in [1.165, 1.54) is 12.1 Å². The number of nitrogens with zero attached hydrogens (tertiary/aromatic N) is 4. The molecule has 0 unspecified atom stereocenters. The number of fused-ring (bicyclic) bond motifs is 6. The quantitative estimate of drug-likeness (QED) is 0.311. The normalized spacial score (nSPS) is 33.1. The second kappa shape index (κ2) is 12.2. The van der Waals surface area contributed by atoms with Crippen LogP contribution in [0.3, 0.4) is 0 Å². The summed E-state index contributed by atoms with van der Waals surface area (Å²) in [5, 5.41) is 24.5. The van der Waals surface area contributed by atoms with Crippen LogP contribution in [0.1, 0.15) is 18.5 Å². The van der Waals surface area contributed by atoms with Crippen LogP contribution in [0.2, 0.25) is 0 Å². The number of sulfonamides is 1. The Labute approximate surface area is 247 Å². The van der Waals surface area contributed by atoms with Crippen LogP contribution in [0.4, 0.5) is 4.39 Å². The first-order valence-electron chi connectivity index (χ1n) is 14.3. The fraction of sp³-hybridized carbons (Fsp3) is 0.593. The van der Waals surface area contributed by atoms with E-state index in [1.807, 2.05) is 4.90 Å². The molecule has 4 fully saturated rings. The summed E-state index contributed by atoms with van der Waals surface area (Å²) in [7, 11) is -4.34. The number of aliphatic hydroxyl groups is 2. The Hall–Kier alpha value is -2.99. The molecule has 5 heterocycles. The molecule has 16 heteroatoms. The van der Waals surface area contributed by atoms with Crippen molar-refractivity contribution in [1.82, 2.24) is 29.4 Å². The van der Waals surface area contributed by atoms with E-state index in [2.05, 4.69) is 15.3 Å². The number of morpholine rings is 1. The fourth-order valence-corrected chi connectivity index (χ4v) is 7.88. The lowest BCUT2D eigenvalue weighted by molar-refractivity contribution is -0.144. The molecule has 4 saturated heterocycles. The van der Waals surface area contributed by atoms with Gasteiger partial charge in [0, 0.05) is 57.2 Å². The number of hydrogen-bond acceptors (Lipinski definition) is 10. The number of likely N-dealkylation sites (tertiary alicyclic amines) is 1. The summed E-state index contributed by atoms with van der Waals surface area (Å²) in [4.78, 5) is 37.3.